The van der Waals surface area contributed by atoms with Gasteiger partial charge in [-0.25, -0.2) is 0 Å². The summed E-state index contributed by atoms with van der Waals surface area (Å²) in [5.74, 6) is 2.25. The number of likely N-dealkylation sites (tertiary alicyclic amines) is 1. The van der Waals surface area contributed by atoms with Crippen LogP contribution in [0.15, 0.2) is 29.3 Å². The van der Waals surface area contributed by atoms with Gasteiger partial charge in [-0.15, -0.1) is 24.0 Å². The minimum atomic E-state index is -0.0959. The van der Waals surface area contributed by atoms with Crippen LogP contribution in [-0.4, -0.2) is 57.2 Å². The van der Waals surface area contributed by atoms with Crippen LogP contribution < -0.4 is 10.1 Å². The van der Waals surface area contributed by atoms with Crippen molar-refractivity contribution in [3.05, 3.63) is 29.8 Å². The molecule has 0 radical (unpaired) electrons. The topological polar surface area (TPSA) is 63.2 Å². The number of carbonyl (C=O) groups excluding carboxylic acids is 1. The first-order chi connectivity index (χ1) is 12.2. The van der Waals surface area contributed by atoms with Crippen molar-refractivity contribution in [1.29, 1.82) is 0 Å². The van der Waals surface area contributed by atoms with Gasteiger partial charge in [0.25, 0.3) is 0 Å². The number of nitrogens with zero attached hydrogens (tertiary/aromatic N) is 2. The van der Waals surface area contributed by atoms with E-state index in [1.54, 1.807) is 0 Å². The van der Waals surface area contributed by atoms with Crippen LogP contribution in [-0.2, 0) is 9.53 Å². The molecule has 0 aliphatic carbocycles. The van der Waals surface area contributed by atoms with Gasteiger partial charge >= 0.3 is 5.97 Å². The molecule has 0 amide bonds. The van der Waals surface area contributed by atoms with Gasteiger partial charge in [0, 0.05) is 32.6 Å². The van der Waals surface area contributed by atoms with Gasteiger partial charge in [-0.05, 0) is 30.9 Å². The summed E-state index contributed by atoms with van der Waals surface area (Å²) in [6.45, 7) is 3.24. The Morgan fingerprint density at radius 2 is 2.04 bits per heavy atom. The number of hydrogen-bond acceptors (Lipinski definition) is 4. The second-order valence-corrected chi connectivity index (χ2v) is 6.58. The van der Waals surface area contributed by atoms with Crippen molar-refractivity contribution >= 4 is 35.9 Å². The largest absolute Gasteiger partial charge is 0.493 e. The Bertz CT molecular complexity index is 630. The number of guanidine groups is 1. The molecule has 0 bridgehead atoms. The van der Waals surface area contributed by atoms with Crippen LogP contribution in [0.3, 0.4) is 0 Å². The number of methoxy groups -OCH3 is 1. The lowest BCUT2D eigenvalue weighted by atomic mass is 9.93. The molecule has 2 aliphatic heterocycles. The van der Waals surface area contributed by atoms with Gasteiger partial charge in [-0.2, -0.15) is 0 Å². The number of carbonyl (C=O) groups is 1. The average Bonchev–Trinajstić information content (AvgIpc) is 2.68. The summed E-state index contributed by atoms with van der Waals surface area (Å²) >= 11 is 0. The van der Waals surface area contributed by atoms with E-state index in [0.717, 1.165) is 57.2 Å². The van der Waals surface area contributed by atoms with Crippen LogP contribution in [0.4, 0.5) is 0 Å². The zero-order valence-corrected chi connectivity index (χ0v) is 17.8. The van der Waals surface area contributed by atoms with Gasteiger partial charge in [0.2, 0.25) is 0 Å². The van der Waals surface area contributed by atoms with Crippen molar-refractivity contribution in [1.82, 2.24) is 10.2 Å². The van der Waals surface area contributed by atoms with Crippen molar-refractivity contribution in [2.75, 3.05) is 40.4 Å². The van der Waals surface area contributed by atoms with Crippen LogP contribution in [0.5, 0.6) is 5.75 Å². The van der Waals surface area contributed by atoms with E-state index < -0.39 is 0 Å². The predicted molar refractivity (Wildman–Crippen MR) is 112 cm³/mol. The molecule has 26 heavy (non-hydrogen) atoms. The molecule has 1 aromatic carbocycles. The Morgan fingerprint density at radius 1 is 1.31 bits per heavy atom. The highest BCUT2D eigenvalue weighted by Gasteiger charge is 2.28. The first-order valence-corrected chi connectivity index (χ1v) is 8.98. The third-order valence-electron chi connectivity index (χ3n) is 5.13. The van der Waals surface area contributed by atoms with Gasteiger partial charge < -0.3 is 19.7 Å². The summed E-state index contributed by atoms with van der Waals surface area (Å²) < 4.78 is 10.6. The number of benzene rings is 1. The zero-order chi connectivity index (χ0) is 17.6. The number of piperidine rings is 1. The fourth-order valence-electron chi connectivity index (χ4n) is 3.67. The van der Waals surface area contributed by atoms with Crippen molar-refractivity contribution in [2.24, 2.45) is 10.9 Å². The second-order valence-electron chi connectivity index (χ2n) is 6.58. The molecule has 0 spiro atoms. The molecule has 2 heterocycles. The van der Waals surface area contributed by atoms with Gasteiger partial charge in [-0.1, -0.05) is 18.2 Å². The number of aliphatic imine (C=N–C) groups is 1. The van der Waals surface area contributed by atoms with Crippen molar-refractivity contribution in [3.63, 3.8) is 0 Å². The Labute approximate surface area is 172 Å². The molecule has 0 saturated carbocycles. The monoisotopic (exact) mass is 473 g/mol. The number of halogens is 1. The highest BCUT2D eigenvalue weighted by atomic mass is 127. The summed E-state index contributed by atoms with van der Waals surface area (Å²) in [7, 11) is 3.27. The van der Waals surface area contributed by atoms with E-state index in [1.807, 2.05) is 19.2 Å². The molecule has 1 fully saturated rings. The number of rotatable bonds is 3. The molecule has 1 atom stereocenters. The molecule has 1 unspecified atom stereocenters. The lowest BCUT2D eigenvalue weighted by Crippen LogP contribution is -2.47. The van der Waals surface area contributed by atoms with E-state index in [1.165, 1.54) is 12.7 Å². The molecular formula is C19H28IN3O3. The van der Waals surface area contributed by atoms with Crippen LogP contribution in [0.1, 0.15) is 30.7 Å². The number of hydrogen-bond donors (Lipinski definition) is 1. The lowest BCUT2D eigenvalue weighted by molar-refractivity contribution is -0.146. The highest BCUT2D eigenvalue weighted by Crippen LogP contribution is 2.32. The fraction of sp³-hybridized carbons (Fsp3) is 0.579. The van der Waals surface area contributed by atoms with E-state index in [0.29, 0.717) is 5.92 Å². The molecule has 2 aliphatic rings. The minimum absolute atomic E-state index is 0. The zero-order valence-electron chi connectivity index (χ0n) is 15.4. The molecular weight excluding hydrogens is 445 g/mol. The molecule has 1 N–H and O–H groups in total. The van der Waals surface area contributed by atoms with Gasteiger partial charge in [0.15, 0.2) is 5.96 Å². The average molecular weight is 473 g/mol. The maximum absolute atomic E-state index is 11.7. The molecule has 144 valence electrons. The number of ether oxygens (including phenoxy) is 2. The first kappa shape index (κ1) is 20.8. The Morgan fingerprint density at radius 3 is 2.73 bits per heavy atom. The van der Waals surface area contributed by atoms with Crippen molar-refractivity contribution in [3.8, 4) is 5.75 Å². The Kier molecular flexibility index (Phi) is 7.99. The minimum Gasteiger partial charge on any atom is -0.493 e. The normalized spacial score (nSPS) is 20.5. The molecule has 7 heteroatoms. The highest BCUT2D eigenvalue weighted by molar-refractivity contribution is 14.0. The lowest BCUT2D eigenvalue weighted by Gasteiger charge is -2.34. The van der Waals surface area contributed by atoms with Gasteiger partial charge in [0.05, 0.1) is 19.6 Å². The Hall–Kier alpha value is -1.51. The van der Waals surface area contributed by atoms with Crippen molar-refractivity contribution in [2.45, 2.75) is 25.2 Å². The third-order valence-corrected chi connectivity index (χ3v) is 5.13. The molecule has 3 rings (SSSR count). The van der Waals surface area contributed by atoms with Crippen LogP contribution >= 0.6 is 24.0 Å². The van der Waals surface area contributed by atoms with Gasteiger partial charge in [-0.3, -0.25) is 9.79 Å². The van der Waals surface area contributed by atoms with E-state index in [-0.39, 0.29) is 35.9 Å². The summed E-state index contributed by atoms with van der Waals surface area (Å²) in [5, 5.41) is 3.51. The summed E-state index contributed by atoms with van der Waals surface area (Å²) in [6.07, 6.45) is 2.63. The maximum atomic E-state index is 11.7. The van der Waals surface area contributed by atoms with Crippen molar-refractivity contribution < 1.29 is 14.3 Å². The van der Waals surface area contributed by atoms with E-state index in [4.69, 9.17) is 9.47 Å². The van der Waals surface area contributed by atoms with Crippen LogP contribution in [0.25, 0.3) is 0 Å². The summed E-state index contributed by atoms with van der Waals surface area (Å²) in [4.78, 5) is 18.3. The van der Waals surface area contributed by atoms with E-state index >= 15 is 0 Å². The quantitative estimate of drug-likeness (QED) is 0.317. The maximum Gasteiger partial charge on any atom is 0.308 e. The standard InChI is InChI=1S/C19H27N3O3.HI/c1-20-19(22-10-7-14(8-11-22)18(23)24-2)21-13-15-9-12-25-17-6-4-3-5-16(15)17;/h3-6,14-15H,7-13H2,1-2H3,(H,20,21);1H. The SMILES string of the molecule is CN=C(NCC1CCOc2ccccc21)N1CCC(C(=O)OC)CC1.I. The second kappa shape index (κ2) is 9.99. The third kappa shape index (κ3) is 4.81. The number of nitrogens with one attached hydrogen (secondary N) is 1. The fourth-order valence-corrected chi connectivity index (χ4v) is 3.67. The molecule has 0 aromatic heterocycles. The number of esters is 1. The predicted octanol–water partition coefficient (Wildman–Crippen LogP) is 2.63. The number of fused-ring (bicyclic) bond motifs is 1. The van der Waals surface area contributed by atoms with Crippen LogP contribution in [0.2, 0.25) is 0 Å². The molecule has 1 aromatic rings. The molecule has 6 nitrogen and oxygen atoms in total. The van der Waals surface area contributed by atoms with E-state index in [9.17, 15) is 4.79 Å². The smallest absolute Gasteiger partial charge is 0.308 e. The summed E-state index contributed by atoms with van der Waals surface area (Å²) in [6, 6.07) is 8.26. The van der Waals surface area contributed by atoms with Gasteiger partial charge in [0.1, 0.15) is 5.75 Å². The Balaban J connectivity index is 0.00000243. The first-order valence-electron chi connectivity index (χ1n) is 8.98. The van der Waals surface area contributed by atoms with Crippen LogP contribution in [0, 0.1) is 5.92 Å². The molecule has 1 saturated heterocycles. The number of para-hydroxylation sites is 1. The summed E-state index contributed by atoms with van der Waals surface area (Å²) in [5.41, 5.74) is 1.26. The van der Waals surface area contributed by atoms with E-state index in [2.05, 4.69) is 27.3 Å².